The first-order chi connectivity index (χ1) is 13.9. The largest absolute Gasteiger partial charge is 0.331 e. The molecule has 1 N–H and O–H groups in total. The van der Waals surface area contributed by atoms with Gasteiger partial charge in [0, 0.05) is 26.2 Å². The second-order valence-electron chi connectivity index (χ2n) is 7.52. The zero-order valence-corrected chi connectivity index (χ0v) is 16.8. The predicted molar refractivity (Wildman–Crippen MR) is 107 cm³/mol. The second kappa shape index (κ2) is 8.12. The average molecular weight is 418 g/mol. The van der Waals surface area contributed by atoms with Crippen molar-refractivity contribution in [2.75, 3.05) is 26.2 Å². The summed E-state index contributed by atoms with van der Waals surface area (Å²) in [5.74, 6) is -0.132. The van der Waals surface area contributed by atoms with Crippen LogP contribution in [0.25, 0.3) is 0 Å². The first-order valence-electron chi connectivity index (χ1n) is 9.81. The van der Waals surface area contributed by atoms with Gasteiger partial charge in [-0.1, -0.05) is 36.4 Å². The Morgan fingerprint density at radius 1 is 1.00 bits per heavy atom. The third-order valence-corrected chi connectivity index (χ3v) is 7.39. The van der Waals surface area contributed by atoms with Crippen LogP contribution in [0, 0.1) is 11.7 Å². The minimum absolute atomic E-state index is 0.0160. The van der Waals surface area contributed by atoms with E-state index in [9.17, 15) is 17.6 Å². The molecule has 2 aliphatic rings. The lowest BCUT2D eigenvalue weighted by Crippen LogP contribution is -2.53. The van der Waals surface area contributed by atoms with Gasteiger partial charge in [-0.25, -0.2) is 17.6 Å². The summed E-state index contributed by atoms with van der Waals surface area (Å²) in [7, 11) is -3.77. The number of amides is 2. The van der Waals surface area contributed by atoms with E-state index in [1.54, 1.807) is 4.90 Å². The Hall–Kier alpha value is -2.45. The molecule has 4 rings (SSSR count). The molecule has 2 fully saturated rings. The smallest absolute Gasteiger partial charge is 0.317 e. The van der Waals surface area contributed by atoms with Crippen LogP contribution in [0.15, 0.2) is 59.5 Å². The molecule has 2 aromatic rings. The van der Waals surface area contributed by atoms with Gasteiger partial charge < -0.3 is 10.2 Å². The number of carbonyl (C=O) groups is 1. The molecule has 1 saturated carbocycles. The van der Waals surface area contributed by atoms with E-state index in [1.807, 2.05) is 30.3 Å². The van der Waals surface area contributed by atoms with E-state index in [0.717, 1.165) is 24.5 Å². The molecule has 0 radical (unpaired) electrons. The molecule has 29 heavy (non-hydrogen) atoms. The fraction of sp³-hybridized carbons (Fsp3) is 0.381. The van der Waals surface area contributed by atoms with Crippen LogP contribution in [0.1, 0.15) is 24.4 Å². The molecule has 0 spiro atoms. The van der Waals surface area contributed by atoms with Crippen LogP contribution in [0.2, 0.25) is 0 Å². The summed E-state index contributed by atoms with van der Waals surface area (Å²) < 4.78 is 40.2. The molecule has 154 valence electrons. The minimum Gasteiger partial charge on any atom is -0.331 e. The molecule has 1 saturated heterocycles. The van der Waals surface area contributed by atoms with Gasteiger partial charge in [0.15, 0.2) is 0 Å². The lowest BCUT2D eigenvalue weighted by molar-refractivity contribution is 0.167. The Bertz CT molecular complexity index is 972. The van der Waals surface area contributed by atoms with Crippen molar-refractivity contribution in [3.63, 3.8) is 0 Å². The Morgan fingerprint density at radius 3 is 2.31 bits per heavy atom. The van der Waals surface area contributed by atoms with Crippen molar-refractivity contribution in [2.24, 2.45) is 5.92 Å². The van der Waals surface area contributed by atoms with Gasteiger partial charge in [0.2, 0.25) is 10.0 Å². The molecule has 8 heteroatoms. The molecule has 2 aromatic carbocycles. The molecular weight excluding hydrogens is 393 g/mol. The molecule has 1 atom stereocenters. The van der Waals surface area contributed by atoms with E-state index >= 15 is 0 Å². The Labute approximate surface area is 170 Å². The van der Waals surface area contributed by atoms with Crippen molar-refractivity contribution in [3.8, 4) is 0 Å². The number of hydrogen-bond donors (Lipinski definition) is 1. The second-order valence-corrected chi connectivity index (χ2v) is 9.46. The third kappa shape index (κ3) is 4.43. The average Bonchev–Trinajstić information content (AvgIpc) is 3.58. The van der Waals surface area contributed by atoms with Crippen LogP contribution >= 0.6 is 0 Å². The first-order valence-corrected chi connectivity index (χ1v) is 11.3. The highest BCUT2D eigenvalue weighted by atomic mass is 32.2. The Morgan fingerprint density at radius 2 is 1.69 bits per heavy atom. The first kappa shape index (κ1) is 19.8. The van der Waals surface area contributed by atoms with Gasteiger partial charge in [-0.3, -0.25) is 0 Å². The molecular formula is C21H24FN3O3S. The van der Waals surface area contributed by atoms with E-state index in [0.29, 0.717) is 19.0 Å². The number of benzene rings is 2. The van der Waals surface area contributed by atoms with Crippen LogP contribution in [0.4, 0.5) is 9.18 Å². The molecule has 2 amide bonds. The standard InChI is InChI=1S/C21H24FN3O3S/c22-18-7-4-8-19(15-18)29(27,28)25-13-11-24(12-14-25)21(26)23-20(17-9-10-17)16-5-2-1-3-6-16/h1-8,15,17,20H,9-14H2,(H,23,26). The zero-order chi connectivity index (χ0) is 20.4. The van der Waals surface area contributed by atoms with Crippen molar-refractivity contribution in [3.05, 3.63) is 66.0 Å². The van der Waals surface area contributed by atoms with E-state index in [4.69, 9.17) is 0 Å². The lowest BCUT2D eigenvalue weighted by Gasteiger charge is -2.35. The lowest BCUT2D eigenvalue weighted by atomic mass is 10.0. The summed E-state index contributed by atoms with van der Waals surface area (Å²) in [5.41, 5.74) is 1.09. The number of hydrogen-bond acceptors (Lipinski definition) is 3. The molecule has 1 unspecified atom stereocenters. The summed E-state index contributed by atoms with van der Waals surface area (Å²) >= 11 is 0. The predicted octanol–water partition coefficient (Wildman–Crippen LogP) is 2.99. The van der Waals surface area contributed by atoms with Gasteiger partial charge in [-0.15, -0.1) is 0 Å². The zero-order valence-electron chi connectivity index (χ0n) is 16.0. The van der Waals surface area contributed by atoms with Gasteiger partial charge in [-0.2, -0.15) is 4.31 Å². The highest BCUT2D eigenvalue weighted by Gasteiger charge is 2.35. The number of halogens is 1. The summed E-state index contributed by atoms with van der Waals surface area (Å²) in [6.45, 7) is 0.969. The third-order valence-electron chi connectivity index (χ3n) is 5.49. The number of nitrogens with one attached hydrogen (secondary N) is 1. The maximum atomic E-state index is 13.4. The molecule has 6 nitrogen and oxygen atoms in total. The van der Waals surface area contributed by atoms with Crippen molar-refractivity contribution >= 4 is 16.1 Å². The van der Waals surface area contributed by atoms with Crippen molar-refractivity contribution in [1.29, 1.82) is 0 Å². The SMILES string of the molecule is O=C(NC(c1ccccc1)C1CC1)N1CCN(S(=O)(=O)c2cccc(F)c2)CC1. The number of carbonyl (C=O) groups excluding carboxylic acids is 1. The van der Waals surface area contributed by atoms with E-state index in [-0.39, 0.29) is 30.1 Å². The fourth-order valence-corrected chi connectivity index (χ4v) is 5.15. The topological polar surface area (TPSA) is 69.7 Å². The summed E-state index contributed by atoms with van der Waals surface area (Å²) in [4.78, 5) is 14.4. The van der Waals surface area contributed by atoms with Crippen molar-refractivity contribution in [1.82, 2.24) is 14.5 Å². The van der Waals surface area contributed by atoms with Gasteiger partial charge in [0.25, 0.3) is 0 Å². The maximum Gasteiger partial charge on any atom is 0.317 e. The molecule has 0 bridgehead atoms. The highest BCUT2D eigenvalue weighted by Crippen LogP contribution is 2.41. The van der Waals surface area contributed by atoms with E-state index < -0.39 is 15.8 Å². The molecule has 1 aliphatic heterocycles. The normalized spacial score (nSPS) is 19.0. The van der Waals surface area contributed by atoms with E-state index in [2.05, 4.69) is 5.32 Å². The molecule has 1 aliphatic carbocycles. The minimum atomic E-state index is -3.77. The molecule has 1 heterocycles. The Kier molecular flexibility index (Phi) is 5.56. The van der Waals surface area contributed by atoms with Gasteiger partial charge in [-0.05, 0) is 42.5 Å². The van der Waals surface area contributed by atoms with Crippen molar-refractivity contribution < 1.29 is 17.6 Å². The van der Waals surface area contributed by atoms with Crippen LogP contribution in [0.3, 0.4) is 0 Å². The van der Waals surface area contributed by atoms with Crippen molar-refractivity contribution in [2.45, 2.75) is 23.8 Å². The number of urea groups is 1. The van der Waals surface area contributed by atoms with Crippen LogP contribution in [-0.2, 0) is 10.0 Å². The van der Waals surface area contributed by atoms with Crippen LogP contribution in [0.5, 0.6) is 0 Å². The van der Waals surface area contributed by atoms with E-state index in [1.165, 1.54) is 22.5 Å². The summed E-state index contributed by atoms with van der Waals surface area (Å²) in [5, 5.41) is 3.13. The van der Waals surface area contributed by atoms with Crippen LogP contribution < -0.4 is 5.32 Å². The maximum absolute atomic E-state index is 13.4. The monoisotopic (exact) mass is 417 g/mol. The number of rotatable bonds is 5. The molecule has 0 aromatic heterocycles. The van der Waals surface area contributed by atoms with Crippen LogP contribution in [-0.4, -0.2) is 49.8 Å². The number of nitrogens with zero attached hydrogens (tertiary/aromatic N) is 2. The summed E-state index contributed by atoms with van der Waals surface area (Å²) in [6.07, 6.45) is 2.19. The fourth-order valence-electron chi connectivity index (χ4n) is 3.70. The summed E-state index contributed by atoms with van der Waals surface area (Å²) in [6, 6.07) is 14.7. The number of piperazine rings is 1. The number of sulfonamides is 1. The highest BCUT2D eigenvalue weighted by molar-refractivity contribution is 7.89. The van der Waals surface area contributed by atoms with Gasteiger partial charge >= 0.3 is 6.03 Å². The van der Waals surface area contributed by atoms with Gasteiger partial charge in [0.05, 0.1) is 10.9 Å². The Balaban J connectivity index is 1.38. The quantitative estimate of drug-likeness (QED) is 0.813. The van der Waals surface area contributed by atoms with Gasteiger partial charge in [0.1, 0.15) is 5.82 Å².